The van der Waals surface area contributed by atoms with Crippen molar-refractivity contribution in [2.24, 2.45) is 16.8 Å². The van der Waals surface area contributed by atoms with Crippen molar-refractivity contribution in [2.45, 2.75) is 19.3 Å². The summed E-state index contributed by atoms with van der Waals surface area (Å²) in [4.78, 5) is 26.3. The van der Waals surface area contributed by atoms with Crippen molar-refractivity contribution in [3.8, 4) is 17.2 Å². The molecule has 1 fully saturated rings. The van der Waals surface area contributed by atoms with E-state index in [0.717, 1.165) is 18.1 Å². The van der Waals surface area contributed by atoms with E-state index >= 15 is 0 Å². The summed E-state index contributed by atoms with van der Waals surface area (Å²) < 4.78 is 29.4. The maximum absolute atomic E-state index is 14.7. The Balaban J connectivity index is 1.55. The topological polar surface area (TPSA) is 91.0 Å². The molecule has 1 amide bonds. The molecule has 0 bridgehead atoms. The summed E-state index contributed by atoms with van der Waals surface area (Å²) in [6.45, 7) is 0.860. The van der Waals surface area contributed by atoms with Crippen molar-refractivity contribution >= 4 is 33.9 Å². The van der Waals surface area contributed by atoms with Crippen LogP contribution < -0.4 is 5.32 Å². The number of alkyl halides is 2. The standard InChI is InChI=1S/C34H25F2N5O/c1-34(35,36)29-12-13-38-19-27(29)23-14-24-17-31(41-33(42)26-15-25(26)18-37)39-20-28(24)30(16-23)40-32(21-8-4-2-5-9-21)22-10-6-3-7-11-22/h2-14,16-17,19-20,25-26H,15H2,1H3,(H,39,41,42)/t25?,26-/m0/s1. The second-order valence-corrected chi connectivity index (χ2v) is 10.4. The number of rotatable bonds is 7. The highest BCUT2D eigenvalue weighted by Crippen LogP contribution is 2.41. The molecule has 2 aromatic heterocycles. The molecular formula is C34H25F2N5O. The lowest BCUT2D eigenvalue weighted by Crippen LogP contribution is -2.15. The molecule has 3 aromatic carbocycles. The molecule has 42 heavy (non-hydrogen) atoms. The van der Waals surface area contributed by atoms with E-state index in [1.54, 1.807) is 24.4 Å². The number of hydrogen-bond donors (Lipinski definition) is 1. The first-order valence-corrected chi connectivity index (χ1v) is 13.5. The van der Waals surface area contributed by atoms with Gasteiger partial charge in [0.15, 0.2) is 0 Å². The molecule has 2 atom stereocenters. The fraction of sp³-hybridized carbons (Fsp3) is 0.147. The Kier molecular flexibility index (Phi) is 7.01. The average Bonchev–Trinajstić information content (AvgIpc) is 3.80. The summed E-state index contributed by atoms with van der Waals surface area (Å²) in [6.07, 6.45) is 4.92. The van der Waals surface area contributed by atoms with Crippen LogP contribution in [0.25, 0.3) is 21.9 Å². The van der Waals surface area contributed by atoms with E-state index in [4.69, 9.17) is 10.3 Å². The van der Waals surface area contributed by atoms with Gasteiger partial charge in [-0.1, -0.05) is 60.7 Å². The minimum absolute atomic E-state index is 0.156. The molecule has 0 spiro atoms. The van der Waals surface area contributed by atoms with Gasteiger partial charge in [0.25, 0.3) is 5.92 Å². The molecule has 6 rings (SSSR count). The summed E-state index contributed by atoms with van der Waals surface area (Å²) in [7, 11) is 0. The van der Waals surface area contributed by atoms with Crippen LogP contribution in [0.5, 0.6) is 0 Å². The molecule has 0 saturated heterocycles. The van der Waals surface area contributed by atoms with Gasteiger partial charge in [-0.3, -0.25) is 9.78 Å². The molecular weight excluding hydrogens is 532 g/mol. The summed E-state index contributed by atoms with van der Waals surface area (Å²) in [6, 6.07) is 28.1. The maximum atomic E-state index is 14.7. The number of aromatic nitrogens is 2. The molecule has 6 nitrogen and oxygen atoms in total. The molecule has 1 saturated carbocycles. The highest BCUT2D eigenvalue weighted by molar-refractivity contribution is 6.15. The van der Waals surface area contributed by atoms with Crippen molar-refractivity contribution in [3.05, 3.63) is 120 Å². The van der Waals surface area contributed by atoms with Gasteiger partial charge in [-0.05, 0) is 41.6 Å². The third-order valence-corrected chi connectivity index (χ3v) is 7.29. The highest BCUT2D eigenvalue weighted by Gasteiger charge is 2.43. The Morgan fingerprint density at radius 1 is 1.00 bits per heavy atom. The quantitative estimate of drug-likeness (QED) is 0.208. The van der Waals surface area contributed by atoms with Gasteiger partial charge < -0.3 is 5.32 Å². The monoisotopic (exact) mass is 557 g/mol. The van der Waals surface area contributed by atoms with Crippen LogP contribution >= 0.6 is 0 Å². The Bertz CT molecular complexity index is 1820. The molecule has 1 aliphatic rings. The number of nitrogens with zero attached hydrogens (tertiary/aromatic N) is 4. The van der Waals surface area contributed by atoms with Crippen molar-refractivity contribution < 1.29 is 13.6 Å². The van der Waals surface area contributed by atoms with E-state index in [0.29, 0.717) is 40.0 Å². The predicted octanol–water partition coefficient (Wildman–Crippen LogP) is 7.68. The minimum Gasteiger partial charge on any atom is -0.310 e. The minimum atomic E-state index is -3.10. The van der Waals surface area contributed by atoms with E-state index in [2.05, 4.69) is 21.4 Å². The number of nitriles is 1. The van der Waals surface area contributed by atoms with Crippen LogP contribution in [0.15, 0.2) is 109 Å². The number of fused-ring (bicyclic) bond motifs is 1. The number of benzene rings is 3. The molecule has 0 aliphatic heterocycles. The molecule has 2 heterocycles. The van der Waals surface area contributed by atoms with E-state index in [9.17, 15) is 13.6 Å². The maximum Gasteiger partial charge on any atom is 0.271 e. The van der Waals surface area contributed by atoms with Gasteiger partial charge in [0, 0.05) is 53.2 Å². The third kappa shape index (κ3) is 5.50. The zero-order valence-corrected chi connectivity index (χ0v) is 22.6. The second kappa shape index (κ2) is 10.9. The average molecular weight is 558 g/mol. The fourth-order valence-electron chi connectivity index (χ4n) is 5.02. The summed E-state index contributed by atoms with van der Waals surface area (Å²) >= 11 is 0. The number of nitrogens with one attached hydrogen (secondary N) is 1. The molecule has 1 unspecified atom stereocenters. The van der Waals surface area contributed by atoms with Crippen molar-refractivity contribution in [3.63, 3.8) is 0 Å². The SMILES string of the molecule is CC(F)(F)c1ccncc1-c1cc(N=C(c2ccccc2)c2ccccc2)c2cnc(NC(=O)[C@H]3CC3C#N)cc2c1. The second-order valence-electron chi connectivity index (χ2n) is 10.4. The fourth-order valence-corrected chi connectivity index (χ4v) is 5.02. The van der Waals surface area contributed by atoms with E-state index in [1.165, 1.54) is 18.5 Å². The number of anilines is 1. The number of carbonyl (C=O) groups excluding carboxylic acids is 1. The largest absolute Gasteiger partial charge is 0.310 e. The summed E-state index contributed by atoms with van der Waals surface area (Å²) in [5.41, 5.74) is 3.63. The zero-order valence-electron chi connectivity index (χ0n) is 22.6. The Morgan fingerprint density at radius 2 is 1.69 bits per heavy atom. The van der Waals surface area contributed by atoms with Gasteiger partial charge in [0.1, 0.15) is 5.82 Å². The van der Waals surface area contributed by atoms with E-state index in [-0.39, 0.29) is 28.9 Å². The lowest BCUT2D eigenvalue weighted by atomic mass is 9.95. The molecule has 206 valence electrons. The van der Waals surface area contributed by atoms with Gasteiger partial charge in [0.05, 0.1) is 29.3 Å². The van der Waals surface area contributed by atoms with Gasteiger partial charge in [-0.15, -0.1) is 0 Å². The van der Waals surface area contributed by atoms with E-state index in [1.807, 2.05) is 60.7 Å². The van der Waals surface area contributed by atoms with Crippen LogP contribution in [-0.4, -0.2) is 21.6 Å². The van der Waals surface area contributed by atoms with E-state index < -0.39 is 5.92 Å². The Labute approximate surface area is 241 Å². The predicted molar refractivity (Wildman–Crippen MR) is 159 cm³/mol. The van der Waals surface area contributed by atoms with Crippen LogP contribution in [0.2, 0.25) is 0 Å². The van der Waals surface area contributed by atoms with Crippen molar-refractivity contribution in [2.75, 3.05) is 5.32 Å². The molecule has 5 aromatic rings. The van der Waals surface area contributed by atoms with Gasteiger partial charge in [0.2, 0.25) is 5.91 Å². The first-order chi connectivity index (χ1) is 20.3. The first kappa shape index (κ1) is 26.9. The molecule has 0 radical (unpaired) electrons. The van der Waals surface area contributed by atoms with Crippen LogP contribution in [0, 0.1) is 23.2 Å². The number of amides is 1. The number of carbonyl (C=O) groups is 1. The van der Waals surface area contributed by atoms with Crippen molar-refractivity contribution in [1.29, 1.82) is 5.26 Å². The summed E-state index contributed by atoms with van der Waals surface area (Å²) in [5.74, 6) is -3.70. The Hall–Kier alpha value is -5.29. The van der Waals surface area contributed by atoms with Gasteiger partial charge in [-0.2, -0.15) is 5.26 Å². The van der Waals surface area contributed by atoms with Gasteiger partial charge >= 0.3 is 0 Å². The first-order valence-electron chi connectivity index (χ1n) is 13.5. The number of halogens is 2. The molecule has 1 N–H and O–H groups in total. The molecule has 8 heteroatoms. The lowest BCUT2D eigenvalue weighted by Gasteiger charge is -2.17. The lowest BCUT2D eigenvalue weighted by molar-refractivity contribution is -0.117. The number of hydrogen-bond acceptors (Lipinski definition) is 5. The zero-order chi connectivity index (χ0) is 29.3. The molecule has 1 aliphatic carbocycles. The summed E-state index contributed by atoms with van der Waals surface area (Å²) in [5, 5.41) is 13.2. The van der Waals surface area contributed by atoms with Crippen LogP contribution in [0.1, 0.15) is 30.0 Å². The number of pyridine rings is 2. The van der Waals surface area contributed by atoms with Crippen LogP contribution in [0.3, 0.4) is 0 Å². The third-order valence-electron chi connectivity index (χ3n) is 7.29. The Morgan fingerprint density at radius 3 is 2.31 bits per heavy atom. The van der Waals surface area contributed by atoms with Crippen molar-refractivity contribution in [1.82, 2.24) is 9.97 Å². The van der Waals surface area contributed by atoms with Crippen LogP contribution in [-0.2, 0) is 10.7 Å². The normalized spacial score (nSPS) is 16.0. The van der Waals surface area contributed by atoms with Gasteiger partial charge in [-0.25, -0.2) is 18.8 Å². The number of aliphatic imine (C=N–C) groups is 1. The smallest absolute Gasteiger partial charge is 0.271 e. The highest BCUT2D eigenvalue weighted by atomic mass is 19.3. The van der Waals surface area contributed by atoms with Crippen LogP contribution in [0.4, 0.5) is 20.3 Å².